The van der Waals surface area contributed by atoms with E-state index in [1.54, 1.807) is 7.11 Å². The second-order valence-corrected chi connectivity index (χ2v) is 5.76. The van der Waals surface area contributed by atoms with Gasteiger partial charge in [0.05, 0.1) is 18.4 Å². The van der Waals surface area contributed by atoms with Gasteiger partial charge in [0.1, 0.15) is 11.8 Å². The lowest BCUT2D eigenvalue weighted by Gasteiger charge is -2.38. The van der Waals surface area contributed by atoms with Gasteiger partial charge in [-0.1, -0.05) is 6.92 Å². The van der Waals surface area contributed by atoms with Gasteiger partial charge in [-0.2, -0.15) is 5.26 Å². The van der Waals surface area contributed by atoms with Crippen LogP contribution >= 0.6 is 0 Å². The number of hydrogen-bond donors (Lipinski definition) is 1. The molecule has 0 spiro atoms. The Labute approximate surface area is 127 Å². The van der Waals surface area contributed by atoms with Crippen LogP contribution in [0.25, 0.3) is 0 Å². The molecular weight excluding hydrogens is 262 g/mol. The summed E-state index contributed by atoms with van der Waals surface area (Å²) in [5.41, 5.74) is 7.74. The summed E-state index contributed by atoms with van der Waals surface area (Å²) in [5.74, 6) is 0.803. The van der Waals surface area contributed by atoms with Crippen LogP contribution in [0, 0.1) is 11.3 Å². The van der Waals surface area contributed by atoms with Gasteiger partial charge in [0.2, 0.25) is 0 Å². The minimum Gasteiger partial charge on any atom is -0.497 e. The standard InChI is InChI=1S/C17H25N3O/c1-3-10-20(15-7-5-14(19)6-8-15)17-11-16(21-2)9-4-13(17)12-18/h4,9,11,14-15H,3,5-8,10,19H2,1-2H3. The summed E-state index contributed by atoms with van der Waals surface area (Å²) in [7, 11) is 1.66. The molecule has 0 unspecified atom stereocenters. The van der Waals surface area contributed by atoms with Gasteiger partial charge < -0.3 is 15.4 Å². The third-order valence-corrected chi connectivity index (χ3v) is 4.28. The lowest BCUT2D eigenvalue weighted by molar-refractivity contribution is 0.374. The average molecular weight is 287 g/mol. The van der Waals surface area contributed by atoms with Gasteiger partial charge in [-0.25, -0.2) is 0 Å². The first-order valence-electron chi connectivity index (χ1n) is 7.80. The number of benzene rings is 1. The maximum Gasteiger partial charge on any atom is 0.121 e. The predicted octanol–water partition coefficient (Wildman–Crippen LogP) is 3.05. The zero-order valence-electron chi connectivity index (χ0n) is 13.0. The number of ether oxygens (including phenoxy) is 1. The Kier molecular flexibility index (Phi) is 5.46. The van der Waals surface area contributed by atoms with E-state index in [1.807, 2.05) is 18.2 Å². The smallest absolute Gasteiger partial charge is 0.121 e. The van der Waals surface area contributed by atoms with E-state index in [-0.39, 0.29) is 0 Å². The highest BCUT2D eigenvalue weighted by atomic mass is 16.5. The molecule has 0 bridgehead atoms. The lowest BCUT2D eigenvalue weighted by atomic mass is 9.90. The van der Waals surface area contributed by atoms with E-state index < -0.39 is 0 Å². The van der Waals surface area contributed by atoms with E-state index in [4.69, 9.17) is 10.5 Å². The number of nitrogens with zero attached hydrogens (tertiary/aromatic N) is 2. The summed E-state index contributed by atoms with van der Waals surface area (Å²) in [4.78, 5) is 2.38. The Morgan fingerprint density at radius 2 is 2.05 bits per heavy atom. The molecule has 0 atom stereocenters. The van der Waals surface area contributed by atoms with Gasteiger partial charge in [-0.15, -0.1) is 0 Å². The second-order valence-electron chi connectivity index (χ2n) is 5.76. The molecule has 2 N–H and O–H groups in total. The molecule has 0 amide bonds. The van der Waals surface area contributed by atoms with Gasteiger partial charge in [-0.3, -0.25) is 0 Å². The first-order valence-corrected chi connectivity index (χ1v) is 7.80. The minimum atomic E-state index is 0.338. The van der Waals surface area contributed by atoms with Crippen LogP contribution in [0.1, 0.15) is 44.6 Å². The van der Waals surface area contributed by atoms with Gasteiger partial charge in [0.15, 0.2) is 0 Å². The Morgan fingerprint density at radius 1 is 1.33 bits per heavy atom. The molecule has 0 aliphatic heterocycles. The largest absolute Gasteiger partial charge is 0.497 e. The Hall–Kier alpha value is -1.73. The van der Waals surface area contributed by atoms with Crippen LogP contribution in [0.4, 0.5) is 5.69 Å². The fourth-order valence-corrected chi connectivity index (χ4v) is 3.12. The van der Waals surface area contributed by atoms with E-state index in [0.29, 0.717) is 12.1 Å². The van der Waals surface area contributed by atoms with Crippen LogP contribution in [0.5, 0.6) is 5.75 Å². The summed E-state index contributed by atoms with van der Waals surface area (Å²) >= 11 is 0. The van der Waals surface area contributed by atoms with E-state index in [9.17, 15) is 5.26 Å². The molecule has 1 aliphatic carbocycles. The maximum absolute atomic E-state index is 9.40. The molecule has 1 aromatic rings. The lowest BCUT2D eigenvalue weighted by Crippen LogP contribution is -2.41. The average Bonchev–Trinajstić information content (AvgIpc) is 2.53. The molecule has 1 fully saturated rings. The van der Waals surface area contributed by atoms with Crippen LogP contribution in [0.15, 0.2) is 18.2 Å². The molecule has 0 saturated heterocycles. The normalized spacial score (nSPS) is 21.6. The van der Waals surface area contributed by atoms with Crippen molar-refractivity contribution < 1.29 is 4.74 Å². The van der Waals surface area contributed by atoms with Crippen molar-refractivity contribution in [2.24, 2.45) is 5.73 Å². The van der Waals surface area contributed by atoms with Crippen molar-refractivity contribution in [1.29, 1.82) is 5.26 Å². The predicted molar refractivity (Wildman–Crippen MR) is 85.6 cm³/mol. The van der Waals surface area contributed by atoms with Crippen molar-refractivity contribution in [3.63, 3.8) is 0 Å². The topological polar surface area (TPSA) is 62.3 Å². The third-order valence-electron chi connectivity index (χ3n) is 4.28. The van der Waals surface area contributed by atoms with Crippen molar-refractivity contribution in [3.8, 4) is 11.8 Å². The zero-order valence-corrected chi connectivity index (χ0v) is 13.0. The van der Waals surface area contributed by atoms with Crippen molar-refractivity contribution in [2.45, 2.75) is 51.1 Å². The maximum atomic E-state index is 9.40. The SMILES string of the molecule is CCCN(c1cc(OC)ccc1C#N)C1CCC(N)CC1. The number of rotatable bonds is 5. The van der Waals surface area contributed by atoms with Gasteiger partial charge in [0, 0.05) is 24.7 Å². The molecule has 1 aromatic carbocycles. The molecule has 4 nitrogen and oxygen atoms in total. The highest BCUT2D eigenvalue weighted by Crippen LogP contribution is 2.32. The first kappa shape index (κ1) is 15.7. The van der Waals surface area contributed by atoms with Gasteiger partial charge >= 0.3 is 0 Å². The summed E-state index contributed by atoms with van der Waals surface area (Å²) in [6, 6.07) is 8.82. The highest BCUT2D eigenvalue weighted by molar-refractivity contribution is 5.62. The molecule has 0 aromatic heterocycles. The summed E-state index contributed by atoms with van der Waals surface area (Å²) in [6.07, 6.45) is 5.39. The number of nitriles is 1. The van der Waals surface area contributed by atoms with Crippen molar-refractivity contribution in [2.75, 3.05) is 18.6 Å². The second kappa shape index (κ2) is 7.33. The Morgan fingerprint density at radius 3 is 2.62 bits per heavy atom. The Balaban J connectivity index is 2.31. The fourth-order valence-electron chi connectivity index (χ4n) is 3.12. The molecule has 114 valence electrons. The van der Waals surface area contributed by atoms with E-state index in [1.165, 1.54) is 0 Å². The molecule has 0 radical (unpaired) electrons. The molecule has 1 saturated carbocycles. The first-order chi connectivity index (χ1) is 10.2. The molecule has 0 heterocycles. The van der Waals surface area contributed by atoms with Crippen LogP contribution < -0.4 is 15.4 Å². The van der Waals surface area contributed by atoms with Crippen molar-refractivity contribution in [3.05, 3.63) is 23.8 Å². The quantitative estimate of drug-likeness (QED) is 0.904. The Bertz CT molecular complexity index is 501. The molecule has 2 rings (SSSR count). The van der Waals surface area contributed by atoms with E-state index >= 15 is 0 Å². The van der Waals surface area contributed by atoms with Gasteiger partial charge in [-0.05, 0) is 44.2 Å². The highest BCUT2D eigenvalue weighted by Gasteiger charge is 2.25. The van der Waals surface area contributed by atoms with Crippen LogP contribution in [-0.2, 0) is 0 Å². The number of hydrogen-bond acceptors (Lipinski definition) is 4. The number of anilines is 1. The summed E-state index contributed by atoms with van der Waals surface area (Å²) in [6.45, 7) is 3.13. The molecule has 21 heavy (non-hydrogen) atoms. The fraction of sp³-hybridized carbons (Fsp3) is 0.588. The molecule has 1 aliphatic rings. The zero-order chi connectivity index (χ0) is 15.2. The van der Waals surface area contributed by atoms with Crippen molar-refractivity contribution >= 4 is 5.69 Å². The summed E-state index contributed by atoms with van der Waals surface area (Å²) < 4.78 is 5.33. The summed E-state index contributed by atoms with van der Waals surface area (Å²) in [5, 5.41) is 9.40. The number of nitrogens with two attached hydrogens (primary N) is 1. The number of methoxy groups -OCH3 is 1. The van der Waals surface area contributed by atoms with E-state index in [0.717, 1.165) is 55.6 Å². The monoisotopic (exact) mass is 287 g/mol. The van der Waals surface area contributed by atoms with Crippen LogP contribution in [-0.4, -0.2) is 25.7 Å². The van der Waals surface area contributed by atoms with Crippen molar-refractivity contribution in [1.82, 2.24) is 0 Å². The van der Waals surface area contributed by atoms with Crippen LogP contribution in [0.2, 0.25) is 0 Å². The van der Waals surface area contributed by atoms with E-state index in [2.05, 4.69) is 17.9 Å². The molecule has 4 heteroatoms. The van der Waals surface area contributed by atoms with Crippen LogP contribution in [0.3, 0.4) is 0 Å². The van der Waals surface area contributed by atoms with Gasteiger partial charge in [0.25, 0.3) is 0 Å². The molecular formula is C17H25N3O. The third kappa shape index (κ3) is 3.68. The minimum absolute atomic E-state index is 0.338.